The first kappa shape index (κ1) is 11.5. The minimum Gasteiger partial charge on any atom is -0.314 e. The van der Waals surface area contributed by atoms with Crippen LogP contribution in [0.2, 0.25) is 0 Å². The van der Waals surface area contributed by atoms with Gasteiger partial charge in [-0.15, -0.1) is 0 Å². The molecule has 1 aromatic heterocycles. The quantitative estimate of drug-likeness (QED) is 0.850. The Hall–Kier alpha value is 0.01000. The third kappa shape index (κ3) is 3.51. The molecule has 0 bridgehead atoms. The van der Waals surface area contributed by atoms with Crippen molar-refractivity contribution < 1.29 is 0 Å². The molecule has 15 heavy (non-hydrogen) atoms. The van der Waals surface area contributed by atoms with E-state index in [0.29, 0.717) is 0 Å². The van der Waals surface area contributed by atoms with Crippen LogP contribution < -0.4 is 5.32 Å². The molecule has 0 aromatic carbocycles. The summed E-state index contributed by atoms with van der Waals surface area (Å²) < 4.78 is 0. The van der Waals surface area contributed by atoms with E-state index in [2.05, 4.69) is 28.4 Å². The largest absolute Gasteiger partial charge is 0.314 e. The van der Waals surface area contributed by atoms with Gasteiger partial charge >= 0.3 is 0 Å². The average Bonchev–Trinajstić information content (AvgIpc) is 2.88. The number of thioether (sulfide) groups is 1. The molecular formula is C12H19NS2. The standard InChI is InChI=1S/C12H19NS2/c1-14-12-3-2-11(8-12)13-6-4-10-5-7-15-9-10/h5,7,9,11-13H,2-4,6,8H2,1H3. The highest BCUT2D eigenvalue weighted by molar-refractivity contribution is 7.99. The zero-order valence-electron chi connectivity index (χ0n) is 9.24. The van der Waals surface area contributed by atoms with Gasteiger partial charge in [0.1, 0.15) is 0 Å². The second kappa shape index (κ2) is 5.92. The first-order valence-electron chi connectivity index (χ1n) is 5.65. The zero-order chi connectivity index (χ0) is 10.5. The predicted octanol–water partition coefficient (Wildman–Crippen LogP) is 3.16. The fourth-order valence-electron chi connectivity index (χ4n) is 2.20. The van der Waals surface area contributed by atoms with Gasteiger partial charge in [0.25, 0.3) is 0 Å². The minimum atomic E-state index is 0.779. The van der Waals surface area contributed by atoms with Crippen molar-refractivity contribution in [2.24, 2.45) is 0 Å². The van der Waals surface area contributed by atoms with Crippen molar-refractivity contribution in [3.8, 4) is 0 Å². The molecule has 1 aliphatic rings. The summed E-state index contributed by atoms with van der Waals surface area (Å²) in [7, 11) is 0. The van der Waals surface area contributed by atoms with Gasteiger partial charge in [0.15, 0.2) is 0 Å². The second-order valence-electron chi connectivity index (χ2n) is 4.20. The molecule has 84 valence electrons. The minimum absolute atomic E-state index is 0.779. The van der Waals surface area contributed by atoms with E-state index in [-0.39, 0.29) is 0 Å². The van der Waals surface area contributed by atoms with E-state index in [0.717, 1.165) is 17.8 Å². The Balaban J connectivity index is 1.63. The van der Waals surface area contributed by atoms with Crippen molar-refractivity contribution in [3.05, 3.63) is 22.4 Å². The van der Waals surface area contributed by atoms with E-state index in [1.165, 1.54) is 31.2 Å². The predicted molar refractivity (Wildman–Crippen MR) is 71.0 cm³/mol. The van der Waals surface area contributed by atoms with Crippen LogP contribution in [0.3, 0.4) is 0 Å². The van der Waals surface area contributed by atoms with Crippen LogP contribution in [0.15, 0.2) is 16.8 Å². The molecular weight excluding hydrogens is 222 g/mol. The van der Waals surface area contributed by atoms with Crippen LogP contribution in [0.25, 0.3) is 0 Å². The number of hydrogen-bond donors (Lipinski definition) is 1. The molecule has 1 N–H and O–H groups in total. The van der Waals surface area contributed by atoms with Crippen molar-refractivity contribution in [2.75, 3.05) is 12.8 Å². The molecule has 1 fully saturated rings. The molecule has 1 saturated carbocycles. The van der Waals surface area contributed by atoms with Gasteiger partial charge in [0.05, 0.1) is 0 Å². The van der Waals surface area contributed by atoms with Crippen molar-refractivity contribution in [2.45, 2.75) is 37.0 Å². The van der Waals surface area contributed by atoms with Crippen molar-refractivity contribution in [3.63, 3.8) is 0 Å². The summed E-state index contributed by atoms with van der Waals surface area (Å²) >= 11 is 3.82. The highest BCUT2D eigenvalue weighted by Gasteiger charge is 2.22. The monoisotopic (exact) mass is 241 g/mol. The van der Waals surface area contributed by atoms with Crippen LogP contribution in [0.4, 0.5) is 0 Å². The normalized spacial score (nSPS) is 25.9. The highest BCUT2D eigenvalue weighted by Crippen LogP contribution is 2.27. The molecule has 0 aliphatic heterocycles. The Labute approximate surface area is 101 Å². The zero-order valence-corrected chi connectivity index (χ0v) is 10.9. The van der Waals surface area contributed by atoms with Crippen molar-refractivity contribution in [1.29, 1.82) is 0 Å². The molecule has 1 aliphatic carbocycles. The topological polar surface area (TPSA) is 12.0 Å². The maximum absolute atomic E-state index is 3.68. The van der Waals surface area contributed by atoms with Crippen molar-refractivity contribution in [1.82, 2.24) is 5.32 Å². The average molecular weight is 241 g/mol. The number of thiophene rings is 1. The summed E-state index contributed by atoms with van der Waals surface area (Å²) in [5.41, 5.74) is 1.48. The van der Waals surface area contributed by atoms with E-state index >= 15 is 0 Å². The third-order valence-corrected chi connectivity index (χ3v) is 4.97. The molecule has 1 nitrogen and oxygen atoms in total. The lowest BCUT2D eigenvalue weighted by Gasteiger charge is -2.11. The molecule has 0 saturated heterocycles. The Morgan fingerprint density at radius 1 is 1.53 bits per heavy atom. The summed E-state index contributed by atoms with van der Waals surface area (Å²) in [6.45, 7) is 1.14. The van der Waals surface area contributed by atoms with Gasteiger partial charge in [-0.05, 0) is 60.9 Å². The highest BCUT2D eigenvalue weighted by atomic mass is 32.2. The van der Waals surface area contributed by atoms with Gasteiger partial charge in [0, 0.05) is 11.3 Å². The fourth-order valence-corrected chi connectivity index (χ4v) is 3.69. The molecule has 2 unspecified atom stereocenters. The van der Waals surface area contributed by atoms with E-state index in [1.54, 1.807) is 11.3 Å². The summed E-state index contributed by atoms with van der Waals surface area (Å²) in [5, 5.41) is 8.99. The Morgan fingerprint density at radius 2 is 2.47 bits per heavy atom. The van der Waals surface area contributed by atoms with E-state index in [4.69, 9.17) is 0 Å². The maximum Gasteiger partial charge on any atom is 0.00781 e. The SMILES string of the molecule is CSC1CCC(NCCc2ccsc2)C1. The van der Waals surface area contributed by atoms with E-state index in [1.807, 2.05) is 11.8 Å². The van der Waals surface area contributed by atoms with Crippen LogP contribution in [0, 0.1) is 0 Å². The van der Waals surface area contributed by atoms with Crippen LogP contribution in [-0.4, -0.2) is 24.1 Å². The Morgan fingerprint density at radius 3 is 3.13 bits per heavy atom. The Bertz CT molecular complexity index is 271. The smallest absolute Gasteiger partial charge is 0.00781 e. The summed E-state index contributed by atoms with van der Waals surface area (Å²) in [5.74, 6) is 0. The van der Waals surface area contributed by atoms with Gasteiger partial charge in [-0.2, -0.15) is 23.1 Å². The van der Waals surface area contributed by atoms with Gasteiger partial charge in [0.2, 0.25) is 0 Å². The molecule has 2 rings (SSSR count). The van der Waals surface area contributed by atoms with Gasteiger partial charge < -0.3 is 5.32 Å². The lowest BCUT2D eigenvalue weighted by Crippen LogP contribution is -2.28. The van der Waals surface area contributed by atoms with E-state index < -0.39 is 0 Å². The molecule has 0 spiro atoms. The maximum atomic E-state index is 3.68. The fraction of sp³-hybridized carbons (Fsp3) is 0.667. The van der Waals surface area contributed by atoms with Crippen molar-refractivity contribution >= 4 is 23.1 Å². The molecule has 2 atom stereocenters. The molecule has 3 heteroatoms. The first-order chi connectivity index (χ1) is 7.38. The van der Waals surface area contributed by atoms with Crippen LogP contribution in [-0.2, 0) is 6.42 Å². The number of nitrogens with one attached hydrogen (secondary N) is 1. The van der Waals surface area contributed by atoms with Gasteiger partial charge in [-0.3, -0.25) is 0 Å². The van der Waals surface area contributed by atoms with Gasteiger partial charge in [-0.1, -0.05) is 0 Å². The number of hydrogen-bond acceptors (Lipinski definition) is 3. The van der Waals surface area contributed by atoms with Crippen LogP contribution in [0.5, 0.6) is 0 Å². The lowest BCUT2D eigenvalue weighted by molar-refractivity contribution is 0.529. The summed E-state index contributed by atoms with van der Waals surface area (Å²) in [6, 6.07) is 3.01. The molecule has 1 aromatic rings. The second-order valence-corrected chi connectivity index (χ2v) is 6.12. The molecule has 0 amide bonds. The van der Waals surface area contributed by atoms with Crippen LogP contribution >= 0.6 is 23.1 Å². The molecule has 1 heterocycles. The van der Waals surface area contributed by atoms with Gasteiger partial charge in [-0.25, -0.2) is 0 Å². The van der Waals surface area contributed by atoms with E-state index in [9.17, 15) is 0 Å². The summed E-state index contributed by atoms with van der Waals surface area (Å²) in [6.07, 6.45) is 7.56. The Kier molecular flexibility index (Phi) is 4.54. The molecule has 0 radical (unpaired) electrons. The van der Waals surface area contributed by atoms with Crippen LogP contribution in [0.1, 0.15) is 24.8 Å². The third-order valence-electron chi connectivity index (χ3n) is 3.14. The first-order valence-corrected chi connectivity index (χ1v) is 7.89. The lowest BCUT2D eigenvalue weighted by atomic mass is 10.2. The number of rotatable bonds is 5. The summed E-state index contributed by atoms with van der Waals surface area (Å²) in [4.78, 5) is 0.